The molecule has 3 rings (SSSR count). The maximum Gasteiger partial charge on any atom is 0.251 e. The second-order valence-electron chi connectivity index (χ2n) is 7.28. The Hall–Kier alpha value is -0.780. The minimum Gasteiger partial charge on any atom is -0.348 e. The molecule has 3 nitrogen and oxygen atoms in total. The Morgan fingerprint density at radius 1 is 1.19 bits per heavy atom. The topological polar surface area (TPSA) is 32.3 Å². The molecule has 1 aromatic carbocycles. The molecule has 0 saturated heterocycles. The summed E-state index contributed by atoms with van der Waals surface area (Å²) in [7, 11) is 0. The summed E-state index contributed by atoms with van der Waals surface area (Å²) in [5.41, 5.74) is 1.95. The van der Waals surface area contributed by atoms with E-state index in [1.807, 2.05) is 36.0 Å². The van der Waals surface area contributed by atoms with Crippen LogP contribution in [0, 0.1) is 0 Å². The number of carbonyl (C=O) groups is 1. The van der Waals surface area contributed by atoms with Crippen LogP contribution in [-0.2, 0) is 5.33 Å². The van der Waals surface area contributed by atoms with Gasteiger partial charge in [-0.05, 0) is 43.2 Å². The number of nitrogens with zero attached hydrogens (tertiary/aromatic N) is 1. The number of amides is 1. The monoisotopic (exact) mass is 436 g/mol. The van der Waals surface area contributed by atoms with Gasteiger partial charge >= 0.3 is 0 Å². The Bertz CT molecular complexity index is 611. The molecular weight excluding hydrogens is 408 g/mol. The molecule has 5 heteroatoms. The lowest BCUT2D eigenvalue weighted by Gasteiger charge is -2.38. The second-order valence-corrected chi connectivity index (χ2v) is 8.98. The summed E-state index contributed by atoms with van der Waals surface area (Å²) in [6, 6.07) is 8.57. The third-order valence-corrected chi connectivity index (χ3v) is 7.34. The van der Waals surface area contributed by atoms with Gasteiger partial charge in [-0.3, -0.25) is 9.69 Å². The minimum atomic E-state index is 0.0644. The van der Waals surface area contributed by atoms with Crippen molar-refractivity contribution in [1.82, 2.24) is 10.2 Å². The molecule has 1 N–H and O–H groups in total. The number of benzene rings is 1. The Balaban J connectivity index is 1.72. The lowest BCUT2D eigenvalue weighted by Crippen LogP contribution is -2.52. The zero-order valence-corrected chi connectivity index (χ0v) is 17.9. The predicted molar refractivity (Wildman–Crippen MR) is 115 cm³/mol. The molecule has 1 aliphatic carbocycles. The summed E-state index contributed by atoms with van der Waals surface area (Å²) >= 11 is 5.45. The van der Waals surface area contributed by atoms with E-state index in [4.69, 9.17) is 0 Å². The van der Waals surface area contributed by atoms with E-state index in [-0.39, 0.29) is 11.9 Å². The van der Waals surface area contributed by atoms with Crippen LogP contribution in [0.15, 0.2) is 36.4 Å². The van der Waals surface area contributed by atoms with Gasteiger partial charge in [-0.1, -0.05) is 53.1 Å². The van der Waals surface area contributed by atoms with Crippen LogP contribution < -0.4 is 5.32 Å². The van der Waals surface area contributed by atoms with Gasteiger partial charge in [0.05, 0.1) is 0 Å². The molecule has 0 spiro atoms. The molecule has 0 bridgehead atoms. The minimum absolute atomic E-state index is 0.0644. The molecule has 1 heterocycles. The van der Waals surface area contributed by atoms with Crippen LogP contribution in [0.1, 0.15) is 48.0 Å². The summed E-state index contributed by atoms with van der Waals surface area (Å²) in [5.74, 6) is 0.0644. The lowest BCUT2D eigenvalue weighted by atomic mass is 9.90. The molecular formula is C21H29BrN2OS. The van der Waals surface area contributed by atoms with Crippen molar-refractivity contribution in [1.29, 1.82) is 0 Å². The fraction of sp³-hybridized carbons (Fsp3) is 0.571. The third kappa shape index (κ3) is 5.14. The van der Waals surface area contributed by atoms with Crippen molar-refractivity contribution in [3.05, 3.63) is 47.5 Å². The van der Waals surface area contributed by atoms with E-state index < -0.39 is 0 Å². The molecule has 1 fully saturated rings. The summed E-state index contributed by atoms with van der Waals surface area (Å²) in [5, 5.41) is 4.89. The molecule has 1 saturated carbocycles. The van der Waals surface area contributed by atoms with Crippen LogP contribution in [0.5, 0.6) is 0 Å². The average molecular weight is 437 g/mol. The molecule has 1 aliphatic heterocycles. The summed E-state index contributed by atoms with van der Waals surface area (Å²) in [6.45, 7) is 2.02. The molecule has 3 atom stereocenters. The number of rotatable bonds is 5. The number of carbonyl (C=O) groups excluding carboxylic acids is 1. The highest BCUT2D eigenvalue weighted by molar-refractivity contribution is 9.08. The second kappa shape index (κ2) is 9.95. The first-order chi connectivity index (χ1) is 12.7. The van der Waals surface area contributed by atoms with Crippen molar-refractivity contribution < 1.29 is 4.79 Å². The number of hydrogen-bond acceptors (Lipinski definition) is 3. The Morgan fingerprint density at radius 3 is 2.54 bits per heavy atom. The van der Waals surface area contributed by atoms with Crippen molar-refractivity contribution in [2.75, 3.05) is 19.3 Å². The summed E-state index contributed by atoms with van der Waals surface area (Å²) < 4.78 is 0. The first kappa shape index (κ1) is 20.0. The van der Waals surface area contributed by atoms with Gasteiger partial charge in [0.15, 0.2) is 0 Å². The van der Waals surface area contributed by atoms with Gasteiger partial charge in [0, 0.05) is 41.3 Å². The van der Waals surface area contributed by atoms with Gasteiger partial charge in [-0.25, -0.2) is 0 Å². The van der Waals surface area contributed by atoms with E-state index in [1.165, 1.54) is 24.8 Å². The molecule has 0 aromatic heterocycles. The van der Waals surface area contributed by atoms with E-state index in [1.54, 1.807) is 0 Å². The van der Waals surface area contributed by atoms with Gasteiger partial charge in [-0.2, -0.15) is 11.8 Å². The fourth-order valence-corrected chi connectivity index (χ4v) is 5.19. The molecule has 1 amide bonds. The molecule has 26 heavy (non-hydrogen) atoms. The highest BCUT2D eigenvalue weighted by Crippen LogP contribution is 2.29. The van der Waals surface area contributed by atoms with E-state index in [0.29, 0.717) is 11.3 Å². The maximum atomic E-state index is 12.9. The Morgan fingerprint density at radius 2 is 1.88 bits per heavy atom. The van der Waals surface area contributed by atoms with Gasteiger partial charge in [-0.15, -0.1) is 0 Å². The van der Waals surface area contributed by atoms with Crippen LogP contribution >= 0.6 is 27.7 Å². The van der Waals surface area contributed by atoms with Crippen molar-refractivity contribution in [2.24, 2.45) is 0 Å². The number of hydrogen-bond donors (Lipinski definition) is 1. The smallest absolute Gasteiger partial charge is 0.251 e. The van der Waals surface area contributed by atoms with Gasteiger partial charge in [0.2, 0.25) is 0 Å². The molecule has 0 radical (unpaired) electrons. The normalized spacial score (nSPS) is 27.1. The van der Waals surface area contributed by atoms with Crippen molar-refractivity contribution in [3.8, 4) is 0 Å². The summed E-state index contributed by atoms with van der Waals surface area (Å²) in [4.78, 5) is 15.4. The summed E-state index contributed by atoms with van der Waals surface area (Å²) in [6.07, 6.45) is 12.7. The zero-order chi connectivity index (χ0) is 18.4. The van der Waals surface area contributed by atoms with E-state index in [9.17, 15) is 4.79 Å². The molecule has 2 aliphatic rings. The zero-order valence-electron chi connectivity index (χ0n) is 15.5. The van der Waals surface area contributed by atoms with E-state index in [0.717, 1.165) is 36.8 Å². The number of nitrogens with one attached hydrogen (secondary N) is 1. The fourth-order valence-electron chi connectivity index (χ4n) is 4.03. The van der Waals surface area contributed by atoms with Crippen LogP contribution in [0.4, 0.5) is 0 Å². The van der Waals surface area contributed by atoms with Gasteiger partial charge < -0.3 is 5.32 Å². The van der Waals surface area contributed by atoms with Crippen LogP contribution in [0.3, 0.4) is 0 Å². The first-order valence-corrected chi connectivity index (χ1v) is 12.0. The third-order valence-electron chi connectivity index (χ3n) is 5.60. The Labute approximate surface area is 170 Å². The number of thioether (sulfide) groups is 1. The SMILES string of the molecule is CSC1CCCCC(NC(=O)c2ccc(CBr)cc2)C(N2CC=CC2)C1. The van der Waals surface area contributed by atoms with Gasteiger partial charge in [0.25, 0.3) is 5.91 Å². The van der Waals surface area contributed by atoms with E-state index in [2.05, 4.69) is 44.6 Å². The van der Waals surface area contributed by atoms with Crippen molar-refractivity contribution in [3.63, 3.8) is 0 Å². The number of halogens is 1. The largest absolute Gasteiger partial charge is 0.348 e. The molecule has 3 unspecified atom stereocenters. The van der Waals surface area contributed by atoms with Crippen molar-refractivity contribution >= 4 is 33.6 Å². The van der Waals surface area contributed by atoms with E-state index >= 15 is 0 Å². The Kier molecular flexibility index (Phi) is 7.64. The predicted octanol–water partition coefficient (Wildman–Crippen LogP) is 4.62. The van der Waals surface area contributed by atoms with Crippen LogP contribution in [0.2, 0.25) is 0 Å². The highest BCUT2D eigenvalue weighted by atomic mass is 79.9. The molecule has 1 aromatic rings. The number of alkyl halides is 1. The average Bonchev–Trinajstić information content (AvgIpc) is 3.19. The molecule has 142 valence electrons. The maximum absolute atomic E-state index is 12.9. The van der Waals surface area contributed by atoms with Gasteiger partial charge in [0.1, 0.15) is 0 Å². The quantitative estimate of drug-likeness (QED) is 0.539. The lowest BCUT2D eigenvalue weighted by molar-refractivity contribution is 0.0884. The van der Waals surface area contributed by atoms with Crippen molar-refractivity contribution in [2.45, 2.75) is 54.8 Å². The standard InChI is InChI=1S/C21H29BrN2OS/c1-26-18-6-2-3-7-19(20(14-18)24-12-4-5-13-24)23-21(25)17-10-8-16(15-22)9-11-17/h4-5,8-11,18-20H,2-3,6-7,12-15H2,1H3,(H,23,25). The van der Waals surface area contributed by atoms with Crippen LogP contribution in [0.25, 0.3) is 0 Å². The first-order valence-electron chi connectivity index (χ1n) is 9.59. The van der Waals surface area contributed by atoms with Crippen LogP contribution in [-0.4, -0.2) is 47.5 Å². The highest BCUT2D eigenvalue weighted by Gasteiger charge is 2.32.